The molecule has 0 atom stereocenters. The van der Waals surface area contributed by atoms with Crippen LogP contribution in [0.5, 0.6) is 0 Å². The monoisotopic (exact) mass is 371 g/mol. The molecule has 1 saturated carbocycles. The van der Waals surface area contributed by atoms with Gasteiger partial charge in [-0.05, 0) is 42.0 Å². The highest BCUT2D eigenvalue weighted by atomic mass is 16.5. The number of benzene rings is 2. The van der Waals surface area contributed by atoms with E-state index in [1.807, 2.05) is 12.1 Å². The van der Waals surface area contributed by atoms with Gasteiger partial charge in [-0.25, -0.2) is 4.79 Å². The van der Waals surface area contributed by atoms with Crippen LogP contribution in [0.1, 0.15) is 59.5 Å². The van der Waals surface area contributed by atoms with Gasteiger partial charge in [0.25, 0.3) is 0 Å². The van der Waals surface area contributed by atoms with E-state index in [0.717, 1.165) is 12.1 Å². The number of hydrogen-bond donors (Lipinski definition) is 0. The summed E-state index contributed by atoms with van der Waals surface area (Å²) < 4.78 is 7.37. The third-order valence-corrected chi connectivity index (χ3v) is 6.34. The normalized spacial score (nSPS) is 16.5. The van der Waals surface area contributed by atoms with Crippen LogP contribution < -0.4 is 0 Å². The van der Waals surface area contributed by atoms with Gasteiger partial charge in [0.1, 0.15) is 0 Å². The van der Waals surface area contributed by atoms with Crippen LogP contribution in [-0.4, -0.2) is 17.6 Å². The van der Waals surface area contributed by atoms with Crippen molar-refractivity contribution in [1.82, 2.24) is 4.57 Å². The zero-order valence-electron chi connectivity index (χ0n) is 16.3. The van der Waals surface area contributed by atoms with E-state index in [0.29, 0.717) is 11.5 Å². The zero-order chi connectivity index (χ0) is 19.1. The predicted molar refractivity (Wildman–Crippen MR) is 114 cm³/mol. The molecule has 1 aromatic heterocycles. The van der Waals surface area contributed by atoms with Crippen LogP contribution in [0.2, 0.25) is 0 Å². The molecule has 3 heteroatoms. The maximum Gasteiger partial charge on any atom is 0.337 e. The molecule has 1 aliphatic carbocycles. The van der Waals surface area contributed by atoms with Crippen LogP contribution in [0.15, 0.2) is 48.5 Å². The summed E-state index contributed by atoms with van der Waals surface area (Å²) >= 11 is 0. The summed E-state index contributed by atoms with van der Waals surface area (Å²) in [5.41, 5.74) is 7.14. The van der Waals surface area contributed by atoms with E-state index in [1.54, 1.807) is 0 Å². The molecule has 1 fully saturated rings. The van der Waals surface area contributed by atoms with Gasteiger partial charge in [0, 0.05) is 23.0 Å². The molecule has 5 rings (SSSR count). The highest BCUT2D eigenvalue weighted by molar-refractivity contribution is 5.99. The lowest BCUT2D eigenvalue weighted by Gasteiger charge is -2.23. The Labute approximate surface area is 165 Å². The lowest BCUT2D eigenvalue weighted by Crippen LogP contribution is -2.07. The van der Waals surface area contributed by atoms with E-state index in [9.17, 15) is 4.79 Å². The smallest absolute Gasteiger partial charge is 0.337 e. The summed E-state index contributed by atoms with van der Waals surface area (Å²) in [5, 5.41) is 1.29. The fourth-order valence-corrected chi connectivity index (χ4v) is 5.05. The zero-order valence-corrected chi connectivity index (χ0v) is 16.3. The van der Waals surface area contributed by atoms with Crippen LogP contribution in [0, 0.1) is 0 Å². The van der Waals surface area contributed by atoms with Crippen molar-refractivity contribution in [2.45, 2.75) is 44.6 Å². The summed E-state index contributed by atoms with van der Waals surface area (Å²) in [5.74, 6) is 0.309. The van der Waals surface area contributed by atoms with Gasteiger partial charge in [0.05, 0.1) is 18.4 Å². The number of carbonyl (C=O) groups is 1. The predicted octanol–water partition coefficient (Wildman–Crippen LogP) is 6.17. The second-order valence-electron chi connectivity index (χ2n) is 7.92. The SMILES string of the molecule is COC(=O)c1ccc2c(C3CCCCC3)c3n(c2c1)CC=Cc1ccccc1-3. The average molecular weight is 371 g/mol. The first-order valence-corrected chi connectivity index (χ1v) is 10.3. The molecule has 0 radical (unpaired) electrons. The molecule has 0 amide bonds. The Kier molecular flexibility index (Phi) is 4.31. The van der Waals surface area contributed by atoms with Crippen LogP contribution in [0.3, 0.4) is 0 Å². The largest absolute Gasteiger partial charge is 0.465 e. The molecule has 0 unspecified atom stereocenters. The van der Waals surface area contributed by atoms with E-state index >= 15 is 0 Å². The first kappa shape index (κ1) is 17.3. The van der Waals surface area contributed by atoms with Crippen molar-refractivity contribution < 1.29 is 9.53 Å². The van der Waals surface area contributed by atoms with Crippen molar-refractivity contribution in [2.24, 2.45) is 0 Å². The first-order chi connectivity index (χ1) is 13.8. The molecule has 3 aromatic rings. The Morgan fingerprint density at radius 3 is 2.71 bits per heavy atom. The number of fused-ring (bicyclic) bond motifs is 5. The minimum Gasteiger partial charge on any atom is -0.465 e. The number of hydrogen-bond acceptors (Lipinski definition) is 2. The lowest BCUT2D eigenvalue weighted by molar-refractivity contribution is 0.0601. The van der Waals surface area contributed by atoms with Gasteiger partial charge in [0.15, 0.2) is 0 Å². The number of rotatable bonds is 2. The molecule has 3 nitrogen and oxygen atoms in total. The first-order valence-electron chi connectivity index (χ1n) is 10.3. The molecule has 0 spiro atoms. The van der Waals surface area contributed by atoms with Gasteiger partial charge in [-0.2, -0.15) is 0 Å². The standard InChI is InChI=1S/C25H25NO2/c1-28-25(27)19-13-14-21-22(16-19)26-15-7-11-17-8-5-6-12-20(17)24(26)23(21)18-9-3-2-4-10-18/h5-8,11-14,16,18H,2-4,9-10,15H2,1H3. The average Bonchev–Trinajstić information content (AvgIpc) is 2.95. The van der Waals surface area contributed by atoms with Gasteiger partial charge < -0.3 is 9.30 Å². The second kappa shape index (κ2) is 6.97. The number of carbonyl (C=O) groups excluding carboxylic acids is 1. The second-order valence-corrected chi connectivity index (χ2v) is 7.92. The number of ether oxygens (including phenoxy) is 1. The fraction of sp³-hybridized carbons (Fsp3) is 0.320. The van der Waals surface area contributed by atoms with Crippen molar-refractivity contribution in [2.75, 3.05) is 7.11 Å². The number of methoxy groups -OCH3 is 1. The van der Waals surface area contributed by atoms with Crippen molar-refractivity contribution >= 4 is 22.9 Å². The van der Waals surface area contributed by atoms with Gasteiger partial charge in [-0.3, -0.25) is 0 Å². The van der Waals surface area contributed by atoms with Crippen LogP contribution in [0.25, 0.3) is 28.2 Å². The molecule has 2 aromatic carbocycles. The van der Waals surface area contributed by atoms with Gasteiger partial charge in [0.2, 0.25) is 0 Å². The molecule has 2 aliphatic rings. The lowest BCUT2D eigenvalue weighted by atomic mass is 9.81. The fourth-order valence-electron chi connectivity index (χ4n) is 5.05. The molecular formula is C25H25NO2. The molecule has 0 saturated heterocycles. The minimum atomic E-state index is -0.277. The summed E-state index contributed by atoms with van der Waals surface area (Å²) in [6.45, 7) is 0.817. The highest BCUT2D eigenvalue weighted by Crippen LogP contribution is 2.45. The van der Waals surface area contributed by atoms with Crippen LogP contribution in [0.4, 0.5) is 0 Å². The summed E-state index contributed by atoms with van der Waals surface area (Å²) in [7, 11) is 1.44. The number of allylic oxidation sites excluding steroid dienone is 1. The summed E-state index contributed by atoms with van der Waals surface area (Å²) in [4.78, 5) is 12.2. The summed E-state index contributed by atoms with van der Waals surface area (Å²) in [6.07, 6.45) is 10.9. The maximum absolute atomic E-state index is 12.2. The molecular weight excluding hydrogens is 346 g/mol. The van der Waals surface area contributed by atoms with Crippen molar-refractivity contribution in [3.05, 3.63) is 65.2 Å². The molecule has 0 bridgehead atoms. The van der Waals surface area contributed by atoms with Crippen molar-refractivity contribution in [1.29, 1.82) is 0 Å². The van der Waals surface area contributed by atoms with E-state index in [1.165, 1.54) is 67.0 Å². The number of esters is 1. The van der Waals surface area contributed by atoms with E-state index in [2.05, 4.69) is 47.1 Å². The third kappa shape index (κ3) is 2.69. The molecule has 0 N–H and O–H groups in total. The van der Waals surface area contributed by atoms with Crippen LogP contribution in [-0.2, 0) is 11.3 Å². The van der Waals surface area contributed by atoms with Gasteiger partial charge >= 0.3 is 5.97 Å². The van der Waals surface area contributed by atoms with Gasteiger partial charge in [-0.1, -0.05) is 61.7 Å². The highest BCUT2D eigenvalue weighted by Gasteiger charge is 2.28. The minimum absolute atomic E-state index is 0.277. The molecule has 28 heavy (non-hydrogen) atoms. The maximum atomic E-state index is 12.2. The van der Waals surface area contributed by atoms with Crippen LogP contribution >= 0.6 is 0 Å². The molecule has 142 valence electrons. The topological polar surface area (TPSA) is 31.2 Å². The van der Waals surface area contributed by atoms with E-state index in [-0.39, 0.29) is 5.97 Å². The van der Waals surface area contributed by atoms with Crippen molar-refractivity contribution in [3.8, 4) is 11.3 Å². The van der Waals surface area contributed by atoms with E-state index < -0.39 is 0 Å². The third-order valence-electron chi connectivity index (χ3n) is 6.34. The Bertz CT molecular complexity index is 1080. The quantitative estimate of drug-likeness (QED) is 0.504. The number of aromatic nitrogens is 1. The Morgan fingerprint density at radius 1 is 1.07 bits per heavy atom. The van der Waals surface area contributed by atoms with Crippen molar-refractivity contribution in [3.63, 3.8) is 0 Å². The molecule has 1 aliphatic heterocycles. The number of nitrogens with zero attached hydrogens (tertiary/aromatic N) is 1. The van der Waals surface area contributed by atoms with E-state index in [4.69, 9.17) is 4.74 Å². The van der Waals surface area contributed by atoms with Gasteiger partial charge in [-0.15, -0.1) is 0 Å². The Morgan fingerprint density at radius 2 is 1.89 bits per heavy atom. The Balaban J connectivity index is 1.83. The Hall–Kier alpha value is -2.81. The summed E-state index contributed by atoms with van der Waals surface area (Å²) in [6, 6.07) is 14.7. The molecule has 2 heterocycles.